The molecule has 0 saturated heterocycles. The van der Waals surface area contributed by atoms with E-state index in [9.17, 15) is 28.1 Å². The molecule has 0 fully saturated rings. The van der Waals surface area contributed by atoms with Crippen LogP contribution in [0.25, 0.3) is 0 Å². The van der Waals surface area contributed by atoms with Crippen molar-refractivity contribution >= 4 is 33.3 Å². The van der Waals surface area contributed by atoms with Crippen molar-refractivity contribution in [3.8, 4) is 0 Å². The van der Waals surface area contributed by atoms with Crippen LogP contribution in [0.2, 0.25) is 0 Å². The average Bonchev–Trinajstić information content (AvgIpc) is 2.77. The number of amides is 1. The molecule has 2 atom stereocenters. The van der Waals surface area contributed by atoms with Gasteiger partial charge in [-0.1, -0.05) is 30.3 Å². The minimum Gasteiger partial charge on any atom is -0.452 e. The molecule has 2 N–H and O–H groups in total. The highest BCUT2D eigenvalue weighted by molar-refractivity contribution is 7.89. The van der Waals surface area contributed by atoms with Gasteiger partial charge in [-0.2, -0.15) is 4.72 Å². The lowest BCUT2D eigenvalue weighted by molar-refractivity contribution is -0.384. The Labute approximate surface area is 191 Å². The summed E-state index contributed by atoms with van der Waals surface area (Å²) in [6.07, 6.45) is -1.16. The summed E-state index contributed by atoms with van der Waals surface area (Å²) in [5.74, 6) is -1.52. The van der Waals surface area contributed by atoms with Crippen molar-refractivity contribution in [2.45, 2.75) is 30.9 Å². The minimum absolute atomic E-state index is 0.225. The SMILES string of the molecule is CC(OC(=O)CNS(=O)(=O)c1ccc(N(C)C)c([N+](=O)[O-])c1)C(=O)NC(C)c1ccccc1. The maximum absolute atomic E-state index is 12.5. The lowest BCUT2D eigenvalue weighted by Gasteiger charge is -2.18. The fraction of sp³-hybridized carbons (Fsp3) is 0.333. The topological polar surface area (TPSA) is 148 Å². The molecule has 11 nitrogen and oxygen atoms in total. The Balaban J connectivity index is 1.97. The van der Waals surface area contributed by atoms with Crippen LogP contribution in [0, 0.1) is 10.1 Å². The lowest BCUT2D eigenvalue weighted by Crippen LogP contribution is -2.39. The average molecular weight is 479 g/mol. The Morgan fingerprint density at radius 1 is 1.12 bits per heavy atom. The van der Waals surface area contributed by atoms with E-state index in [1.165, 1.54) is 24.0 Å². The number of anilines is 1. The Bertz CT molecular complexity index is 1120. The maximum atomic E-state index is 12.5. The second-order valence-electron chi connectivity index (χ2n) is 7.40. The van der Waals surface area contributed by atoms with E-state index in [4.69, 9.17) is 4.74 Å². The quantitative estimate of drug-likeness (QED) is 0.298. The number of rotatable bonds is 10. The van der Waals surface area contributed by atoms with Crippen molar-refractivity contribution < 1.29 is 27.7 Å². The predicted molar refractivity (Wildman–Crippen MR) is 121 cm³/mol. The zero-order valence-electron chi connectivity index (χ0n) is 18.6. The molecule has 1 amide bonds. The second-order valence-corrected chi connectivity index (χ2v) is 9.17. The molecule has 0 aliphatic carbocycles. The van der Waals surface area contributed by atoms with E-state index in [0.717, 1.165) is 11.6 Å². The fourth-order valence-corrected chi connectivity index (χ4v) is 3.87. The summed E-state index contributed by atoms with van der Waals surface area (Å²) in [5.41, 5.74) is 0.692. The molecule has 2 aromatic carbocycles. The Morgan fingerprint density at radius 2 is 1.76 bits per heavy atom. The van der Waals surface area contributed by atoms with E-state index in [1.807, 2.05) is 35.1 Å². The first-order valence-corrected chi connectivity index (χ1v) is 11.4. The standard InChI is InChI=1S/C21H26N4O7S/c1-14(16-8-6-5-7-9-16)23-21(27)15(2)32-20(26)13-22-33(30,31)17-10-11-18(24(3)4)19(12-17)25(28)29/h5-12,14-15,22H,13H2,1-4H3,(H,23,27). The molecule has 0 radical (unpaired) electrons. The molecule has 12 heteroatoms. The second kappa shape index (κ2) is 10.9. The van der Waals surface area contributed by atoms with Crippen LogP contribution in [-0.4, -0.2) is 52.0 Å². The number of nitrogens with one attached hydrogen (secondary N) is 2. The van der Waals surface area contributed by atoms with E-state index in [2.05, 4.69) is 5.32 Å². The Hall–Kier alpha value is -3.51. The first-order chi connectivity index (χ1) is 15.4. The number of benzene rings is 2. The van der Waals surface area contributed by atoms with Gasteiger partial charge in [0.1, 0.15) is 12.2 Å². The van der Waals surface area contributed by atoms with E-state index in [1.54, 1.807) is 21.0 Å². The summed E-state index contributed by atoms with van der Waals surface area (Å²) >= 11 is 0. The first kappa shape index (κ1) is 25.7. The van der Waals surface area contributed by atoms with Crippen LogP contribution in [-0.2, 0) is 24.3 Å². The third kappa shape index (κ3) is 6.99. The van der Waals surface area contributed by atoms with Crippen molar-refractivity contribution in [1.82, 2.24) is 10.0 Å². The number of nitro groups is 1. The molecule has 0 aromatic heterocycles. The van der Waals surface area contributed by atoms with Gasteiger partial charge in [-0.3, -0.25) is 19.7 Å². The summed E-state index contributed by atoms with van der Waals surface area (Å²) in [6.45, 7) is 2.39. The molecule has 0 spiro atoms. The van der Waals surface area contributed by atoms with E-state index >= 15 is 0 Å². The zero-order chi connectivity index (χ0) is 24.8. The van der Waals surface area contributed by atoms with Gasteiger partial charge in [-0.05, 0) is 31.5 Å². The van der Waals surface area contributed by atoms with Crippen LogP contribution in [0.4, 0.5) is 11.4 Å². The Morgan fingerprint density at radius 3 is 2.33 bits per heavy atom. The van der Waals surface area contributed by atoms with Crippen LogP contribution >= 0.6 is 0 Å². The number of carbonyl (C=O) groups is 2. The van der Waals surface area contributed by atoms with Crippen molar-refractivity contribution in [2.75, 3.05) is 25.5 Å². The smallest absolute Gasteiger partial charge is 0.321 e. The molecule has 178 valence electrons. The van der Waals surface area contributed by atoms with Gasteiger partial charge in [0.25, 0.3) is 11.6 Å². The first-order valence-electron chi connectivity index (χ1n) is 9.92. The lowest BCUT2D eigenvalue weighted by atomic mass is 10.1. The van der Waals surface area contributed by atoms with Crippen molar-refractivity contribution in [3.63, 3.8) is 0 Å². The number of hydrogen-bond acceptors (Lipinski definition) is 8. The highest BCUT2D eigenvalue weighted by atomic mass is 32.2. The summed E-state index contributed by atoms with van der Waals surface area (Å²) in [5, 5.41) is 14.0. The summed E-state index contributed by atoms with van der Waals surface area (Å²) < 4.78 is 32.0. The van der Waals surface area contributed by atoms with Gasteiger partial charge in [-0.25, -0.2) is 8.42 Å². The zero-order valence-corrected chi connectivity index (χ0v) is 19.5. The summed E-state index contributed by atoms with van der Waals surface area (Å²) in [7, 11) is -1.07. The highest BCUT2D eigenvalue weighted by Gasteiger charge is 2.24. The Kier molecular flexibility index (Phi) is 8.49. The third-order valence-corrected chi connectivity index (χ3v) is 6.08. The molecule has 33 heavy (non-hydrogen) atoms. The van der Waals surface area contributed by atoms with Crippen molar-refractivity contribution in [1.29, 1.82) is 0 Å². The van der Waals surface area contributed by atoms with Crippen molar-refractivity contribution in [2.24, 2.45) is 0 Å². The largest absolute Gasteiger partial charge is 0.452 e. The third-order valence-electron chi connectivity index (χ3n) is 4.68. The summed E-state index contributed by atoms with van der Waals surface area (Å²) in [4.78, 5) is 36.0. The molecular weight excluding hydrogens is 452 g/mol. The van der Waals surface area contributed by atoms with Crippen molar-refractivity contribution in [3.05, 3.63) is 64.2 Å². The van der Waals surface area contributed by atoms with Gasteiger partial charge >= 0.3 is 5.97 Å². The molecule has 0 bridgehead atoms. The van der Waals surface area contributed by atoms with E-state index < -0.39 is 45.2 Å². The van der Waals surface area contributed by atoms with Crippen LogP contribution in [0.5, 0.6) is 0 Å². The van der Waals surface area contributed by atoms with Gasteiger partial charge in [0.05, 0.1) is 15.9 Å². The normalized spacial score (nSPS) is 13.0. The molecular formula is C21H26N4O7S. The van der Waals surface area contributed by atoms with Gasteiger partial charge in [-0.15, -0.1) is 0 Å². The molecule has 0 aliphatic heterocycles. The monoisotopic (exact) mass is 478 g/mol. The molecule has 2 aromatic rings. The van der Waals surface area contributed by atoms with Gasteiger partial charge < -0.3 is 15.0 Å². The maximum Gasteiger partial charge on any atom is 0.321 e. The number of nitro benzene ring substituents is 1. The molecule has 0 aliphatic rings. The minimum atomic E-state index is -4.24. The highest BCUT2D eigenvalue weighted by Crippen LogP contribution is 2.29. The molecule has 2 rings (SSSR count). The number of carbonyl (C=O) groups excluding carboxylic acids is 2. The van der Waals surface area contributed by atoms with Crippen LogP contribution < -0.4 is 14.9 Å². The fourth-order valence-electron chi connectivity index (χ4n) is 2.88. The van der Waals surface area contributed by atoms with Gasteiger partial charge in [0, 0.05) is 20.2 Å². The summed E-state index contributed by atoms with van der Waals surface area (Å²) in [6, 6.07) is 12.3. The number of esters is 1. The van der Waals surface area contributed by atoms with Gasteiger partial charge in [0.2, 0.25) is 10.0 Å². The molecule has 2 unspecified atom stereocenters. The molecule has 0 saturated carbocycles. The number of hydrogen-bond donors (Lipinski definition) is 2. The van der Waals surface area contributed by atoms with Crippen LogP contribution in [0.15, 0.2) is 53.4 Å². The number of nitrogens with zero attached hydrogens (tertiary/aromatic N) is 2. The molecule has 0 heterocycles. The van der Waals surface area contributed by atoms with E-state index in [0.29, 0.717) is 0 Å². The number of ether oxygens (including phenoxy) is 1. The van der Waals surface area contributed by atoms with Crippen LogP contribution in [0.3, 0.4) is 0 Å². The van der Waals surface area contributed by atoms with E-state index in [-0.39, 0.29) is 16.6 Å². The number of sulfonamides is 1. The van der Waals surface area contributed by atoms with Gasteiger partial charge in [0.15, 0.2) is 6.10 Å². The predicted octanol–water partition coefficient (Wildman–Crippen LogP) is 1.75. The van der Waals surface area contributed by atoms with Crippen LogP contribution in [0.1, 0.15) is 25.5 Å².